The second-order valence-electron chi connectivity index (χ2n) is 2.90. The molecule has 2 heterocycles. The smallest absolute Gasteiger partial charge is 0.223 e. The Morgan fingerprint density at radius 1 is 1.62 bits per heavy atom. The van der Waals surface area contributed by atoms with Crippen LogP contribution in [0.5, 0.6) is 0 Å². The van der Waals surface area contributed by atoms with Crippen LogP contribution in [0.3, 0.4) is 0 Å². The highest BCUT2D eigenvalue weighted by molar-refractivity contribution is 7.99. The van der Waals surface area contributed by atoms with E-state index in [1.54, 1.807) is 18.0 Å². The van der Waals surface area contributed by atoms with Crippen molar-refractivity contribution in [3.63, 3.8) is 0 Å². The summed E-state index contributed by atoms with van der Waals surface area (Å²) < 4.78 is 0. The maximum absolute atomic E-state index is 5.68. The Hall–Kier alpha value is -0.320. The third-order valence-electron chi connectivity index (χ3n) is 1.90. The molecule has 1 N–H and O–H groups in total. The van der Waals surface area contributed by atoms with Crippen LogP contribution in [0, 0.1) is 0 Å². The number of halogens is 1. The second kappa shape index (κ2) is 4.26. The van der Waals surface area contributed by atoms with Crippen molar-refractivity contribution in [1.82, 2.24) is 15.3 Å². The number of hydrogen-bond donors (Lipinski definition) is 1. The molecule has 0 unspecified atom stereocenters. The van der Waals surface area contributed by atoms with Gasteiger partial charge in [-0.3, -0.25) is 0 Å². The van der Waals surface area contributed by atoms with E-state index >= 15 is 0 Å². The molecule has 70 valence electrons. The maximum atomic E-state index is 5.68. The van der Waals surface area contributed by atoms with E-state index in [9.17, 15) is 0 Å². The number of aromatic nitrogens is 2. The van der Waals surface area contributed by atoms with E-state index in [2.05, 4.69) is 15.3 Å². The molecule has 0 aliphatic carbocycles. The van der Waals surface area contributed by atoms with Crippen LogP contribution < -0.4 is 5.32 Å². The zero-order valence-corrected chi connectivity index (χ0v) is 8.61. The van der Waals surface area contributed by atoms with E-state index in [1.807, 2.05) is 6.07 Å². The predicted molar refractivity (Wildman–Crippen MR) is 54.2 cm³/mol. The number of hydrogen-bond acceptors (Lipinski definition) is 4. The normalized spacial score (nSPS) is 22.1. The molecule has 1 aromatic heterocycles. The zero-order valence-electron chi connectivity index (χ0n) is 7.03. The van der Waals surface area contributed by atoms with Crippen LogP contribution in [0.1, 0.15) is 6.42 Å². The van der Waals surface area contributed by atoms with Gasteiger partial charge in [0, 0.05) is 18.0 Å². The number of nitrogens with zero attached hydrogens (tertiary/aromatic N) is 2. The summed E-state index contributed by atoms with van der Waals surface area (Å²) in [6, 6.07) is 1.90. The Bertz CT molecular complexity index is 288. The van der Waals surface area contributed by atoms with Gasteiger partial charge in [-0.2, -0.15) is 0 Å². The summed E-state index contributed by atoms with van der Waals surface area (Å²) in [6.07, 6.45) is 2.90. The van der Waals surface area contributed by atoms with Crippen LogP contribution in [-0.4, -0.2) is 28.3 Å². The first kappa shape index (κ1) is 9.24. The minimum absolute atomic E-state index is 0.330. The third kappa shape index (κ3) is 2.56. The van der Waals surface area contributed by atoms with E-state index in [0.29, 0.717) is 10.5 Å². The molecule has 1 atom stereocenters. The highest BCUT2D eigenvalue weighted by Crippen LogP contribution is 2.25. The quantitative estimate of drug-likeness (QED) is 0.601. The van der Waals surface area contributed by atoms with Crippen LogP contribution >= 0.6 is 23.4 Å². The molecule has 0 radical (unpaired) electrons. The van der Waals surface area contributed by atoms with Crippen LogP contribution in [0.4, 0.5) is 0 Å². The van der Waals surface area contributed by atoms with Gasteiger partial charge in [0.15, 0.2) is 0 Å². The fourth-order valence-electron chi connectivity index (χ4n) is 1.28. The Morgan fingerprint density at radius 3 is 3.23 bits per heavy atom. The van der Waals surface area contributed by atoms with Crippen molar-refractivity contribution < 1.29 is 0 Å². The standard InChI is InChI=1S/C8H10ClN3S/c9-8-11-4-2-7(12-8)13-6-1-3-10-5-6/h2,4,6,10H,1,3,5H2/t6-/m1/s1. The van der Waals surface area contributed by atoms with Crippen LogP contribution in [-0.2, 0) is 0 Å². The SMILES string of the molecule is Clc1nccc(S[C@@H]2CCNC2)n1. The first-order valence-electron chi connectivity index (χ1n) is 4.20. The molecule has 5 heteroatoms. The van der Waals surface area contributed by atoms with Crippen LogP contribution in [0.25, 0.3) is 0 Å². The van der Waals surface area contributed by atoms with Gasteiger partial charge in [-0.05, 0) is 30.6 Å². The fourth-order valence-corrected chi connectivity index (χ4v) is 2.54. The average molecular weight is 216 g/mol. The molecule has 0 aromatic carbocycles. The van der Waals surface area contributed by atoms with Crippen LogP contribution in [0.2, 0.25) is 5.28 Å². The van der Waals surface area contributed by atoms with Gasteiger partial charge in [0.2, 0.25) is 5.28 Å². The Morgan fingerprint density at radius 2 is 2.54 bits per heavy atom. The van der Waals surface area contributed by atoms with Gasteiger partial charge in [0.1, 0.15) is 5.03 Å². The van der Waals surface area contributed by atoms with Crippen molar-refractivity contribution in [3.05, 3.63) is 17.5 Å². The molecular formula is C8H10ClN3S. The summed E-state index contributed by atoms with van der Waals surface area (Å²) in [7, 11) is 0. The lowest BCUT2D eigenvalue weighted by Gasteiger charge is -2.05. The molecule has 1 saturated heterocycles. The average Bonchev–Trinajstić information content (AvgIpc) is 2.57. The Labute approximate surface area is 86.3 Å². The van der Waals surface area contributed by atoms with Gasteiger partial charge >= 0.3 is 0 Å². The molecule has 0 saturated carbocycles. The molecule has 2 rings (SSSR count). The zero-order chi connectivity index (χ0) is 9.10. The van der Waals surface area contributed by atoms with Crippen molar-refractivity contribution in [2.45, 2.75) is 16.7 Å². The van der Waals surface area contributed by atoms with E-state index in [1.165, 1.54) is 6.42 Å². The van der Waals surface area contributed by atoms with E-state index < -0.39 is 0 Å². The maximum Gasteiger partial charge on any atom is 0.223 e. The molecule has 0 amide bonds. The Kier molecular flexibility index (Phi) is 3.03. The van der Waals surface area contributed by atoms with E-state index in [-0.39, 0.29) is 0 Å². The lowest BCUT2D eigenvalue weighted by molar-refractivity contribution is 0.858. The molecule has 1 fully saturated rings. The molecule has 0 bridgehead atoms. The summed E-state index contributed by atoms with van der Waals surface area (Å²) in [5.74, 6) is 0. The van der Waals surface area contributed by atoms with Gasteiger partial charge in [-0.1, -0.05) is 0 Å². The van der Waals surface area contributed by atoms with Gasteiger partial charge in [0.05, 0.1) is 0 Å². The molecular weight excluding hydrogens is 206 g/mol. The number of nitrogens with one attached hydrogen (secondary N) is 1. The van der Waals surface area contributed by atoms with Gasteiger partial charge in [0.25, 0.3) is 0 Å². The summed E-state index contributed by atoms with van der Waals surface area (Å²) >= 11 is 7.45. The van der Waals surface area contributed by atoms with Crippen molar-refractivity contribution in [2.24, 2.45) is 0 Å². The third-order valence-corrected chi connectivity index (χ3v) is 3.29. The molecule has 13 heavy (non-hydrogen) atoms. The van der Waals surface area contributed by atoms with Crippen molar-refractivity contribution in [3.8, 4) is 0 Å². The first-order valence-corrected chi connectivity index (χ1v) is 5.46. The number of rotatable bonds is 2. The Balaban J connectivity index is 2.00. The van der Waals surface area contributed by atoms with Crippen molar-refractivity contribution in [1.29, 1.82) is 0 Å². The molecule has 0 spiro atoms. The summed E-state index contributed by atoms with van der Waals surface area (Å²) in [5.41, 5.74) is 0. The van der Waals surface area contributed by atoms with E-state index in [4.69, 9.17) is 11.6 Å². The highest BCUT2D eigenvalue weighted by Gasteiger charge is 2.16. The predicted octanol–water partition coefficient (Wildman–Crippen LogP) is 1.58. The largest absolute Gasteiger partial charge is 0.316 e. The molecule has 1 aliphatic rings. The second-order valence-corrected chi connectivity index (χ2v) is 4.56. The van der Waals surface area contributed by atoms with Crippen LogP contribution in [0.15, 0.2) is 17.3 Å². The summed E-state index contributed by atoms with van der Waals surface area (Å²) in [5, 5.41) is 5.24. The minimum Gasteiger partial charge on any atom is -0.316 e. The van der Waals surface area contributed by atoms with Gasteiger partial charge in [-0.25, -0.2) is 9.97 Å². The lowest BCUT2D eigenvalue weighted by atomic mass is 10.4. The van der Waals surface area contributed by atoms with E-state index in [0.717, 1.165) is 18.1 Å². The van der Waals surface area contributed by atoms with Gasteiger partial charge in [-0.15, -0.1) is 11.8 Å². The lowest BCUT2D eigenvalue weighted by Crippen LogP contribution is -2.10. The molecule has 1 aliphatic heterocycles. The van der Waals surface area contributed by atoms with Gasteiger partial charge < -0.3 is 5.32 Å². The highest BCUT2D eigenvalue weighted by atomic mass is 35.5. The summed E-state index contributed by atoms with van der Waals surface area (Å²) in [4.78, 5) is 7.97. The molecule has 1 aromatic rings. The number of thioether (sulfide) groups is 1. The fraction of sp³-hybridized carbons (Fsp3) is 0.500. The van der Waals surface area contributed by atoms with Crippen molar-refractivity contribution in [2.75, 3.05) is 13.1 Å². The summed E-state index contributed by atoms with van der Waals surface area (Å²) in [6.45, 7) is 2.17. The molecule has 3 nitrogen and oxygen atoms in total. The first-order chi connectivity index (χ1) is 6.34. The minimum atomic E-state index is 0.330. The monoisotopic (exact) mass is 215 g/mol. The topological polar surface area (TPSA) is 37.8 Å². The van der Waals surface area contributed by atoms with Crippen molar-refractivity contribution >= 4 is 23.4 Å².